The Morgan fingerprint density at radius 3 is 2.48 bits per heavy atom. The molecule has 3 aliphatic heterocycles. The topological polar surface area (TPSA) is 69.6 Å². The van der Waals surface area contributed by atoms with Crippen molar-refractivity contribution in [2.75, 3.05) is 24.5 Å². The highest BCUT2D eigenvalue weighted by Gasteiger charge is 2.58. The van der Waals surface area contributed by atoms with E-state index in [0.29, 0.717) is 6.54 Å². The third-order valence-corrected chi connectivity index (χ3v) is 5.86. The second-order valence-electron chi connectivity index (χ2n) is 7.62. The molecular formula is C18H25N5O2. The minimum atomic E-state index is -0.602. The maximum atomic E-state index is 12.9. The standard InChI is InChI=1S/C18H25N5O2/c1-12-11-15(20-13(2)19-12)21-9-5-14(6-10-21)23-16(24)18(3)7-4-8-22(18)17(23)25/h11,14H,4-10H2,1-3H3/t18-/m0/s1. The van der Waals surface area contributed by atoms with E-state index >= 15 is 0 Å². The van der Waals surface area contributed by atoms with Gasteiger partial charge in [0.15, 0.2) is 0 Å². The molecule has 3 amide bonds. The van der Waals surface area contributed by atoms with Gasteiger partial charge < -0.3 is 9.80 Å². The van der Waals surface area contributed by atoms with E-state index in [1.807, 2.05) is 26.8 Å². The Morgan fingerprint density at radius 2 is 1.84 bits per heavy atom. The lowest BCUT2D eigenvalue weighted by Crippen LogP contribution is -2.49. The van der Waals surface area contributed by atoms with E-state index in [9.17, 15) is 9.59 Å². The number of carbonyl (C=O) groups is 2. The molecule has 0 bridgehead atoms. The number of piperidine rings is 1. The summed E-state index contributed by atoms with van der Waals surface area (Å²) in [6.07, 6.45) is 3.30. The van der Waals surface area contributed by atoms with E-state index in [0.717, 1.165) is 56.1 Å². The summed E-state index contributed by atoms with van der Waals surface area (Å²) in [4.78, 5) is 40.0. The SMILES string of the molecule is Cc1cc(N2CCC(N3C(=O)N4CCC[C@@]4(C)C3=O)CC2)nc(C)n1. The predicted molar refractivity (Wildman–Crippen MR) is 93.3 cm³/mol. The van der Waals surface area contributed by atoms with E-state index in [1.165, 1.54) is 0 Å². The Hall–Kier alpha value is -2.18. The molecule has 0 spiro atoms. The number of rotatable bonds is 2. The molecule has 4 heterocycles. The Bertz CT molecular complexity index is 708. The molecule has 0 aromatic carbocycles. The lowest BCUT2D eigenvalue weighted by Gasteiger charge is -2.36. The maximum absolute atomic E-state index is 12.9. The molecule has 0 unspecified atom stereocenters. The van der Waals surface area contributed by atoms with E-state index in [1.54, 1.807) is 9.80 Å². The second-order valence-corrected chi connectivity index (χ2v) is 7.62. The minimum Gasteiger partial charge on any atom is -0.356 e. The molecular weight excluding hydrogens is 318 g/mol. The Labute approximate surface area is 148 Å². The number of anilines is 1. The summed E-state index contributed by atoms with van der Waals surface area (Å²) in [5.74, 6) is 1.72. The van der Waals surface area contributed by atoms with Crippen molar-refractivity contribution >= 4 is 17.8 Å². The van der Waals surface area contributed by atoms with Gasteiger partial charge >= 0.3 is 6.03 Å². The van der Waals surface area contributed by atoms with E-state index in [-0.39, 0.29) is 18.0 Å². The first-order valence-corrected chi connectivity index (χ1v) is 9.12. The molecule has 4 rings (SSSR count). The molecule has 1 aromatic heterocycles. The van der Waals surface area contributed by atoms with Crippen LogP contribution in [0.3, 0.4) is 0 Å². The van der Waals surface area contributed by atoms with Crippen molar-refractivity contribution < 1.29 is 9.59 Å². The van der Waals surface area contributed by atoms with Crippen LogP contribution in [-0.2, 0) is 4.79 Å². The molecule has 1 aromatic rings. The zero-order valence-corrected chi connectivity index (χ0v) is 15.2. The average Bonchev–Trinajstić information content (AvgIpc) is 3.04. The number of aryl methyl sites for hydroxylation is 2. The van der Waals surface area contributed by atoms with E-state index < -0.39 is 5.54 Å². The number of urea groups is 1. The van der Waals surface area contributed by atoms with Crippen LogP contribution in [0.4, 0.5) is 10.6 Å². The average molecular weight is 343 g/mol. The monoisotopic (exact) mass is 343 g/mol. The van der Waals surface area contributed by atoms with Crippen molar-refractivity contribution in [3.63, 3.8) is 0 Å². The van der Waals surface area contributed by atoms with Gasteiger partial charge in [0.2, 0.25) is 0 Å². The van der Waals surface area contributed by atoms with Gasteiger partial charge in [-0.3, -0.25) is 9.69 Å². The van der Waals surface area contributed by atoms with Gasteiger partial charge in [-0.2, -0.15) is 0 Å². The van der Waals surface area contributed by atoms with Gasteiger partial charge in [0, 0.05) is 37.4 Å². The highest BCUT2D eigenvalue weighted by molar-refractivity contribution is 6.07. The first kappa shape index (κ1) is 16.3. The van der Waals surface area contributed by atoms with Gasteiger partial charge in [-0.1, -0.05) is 0 Å². The van der Waals surface area contributed by atoms with Crippen LogP contribution < -0.4 is 4.90 Å². The maximum Gasteiger partial charge on any atom is 0.327 e. The number of hydrogen-bond donors (Lipinski definition) is 0. The Morgan fingerprint density at radius 1 is 1.12 bits per heavy atom. The summed E-state index contributed by atoms with van der Waals surface area (Å²) in [7, 11) is 0. The third kappa shape index (κ3) is 2.48. The number of fused-ring (bicyclic) bond motifs is 1. The fourth-order valence-corrected chi connectivity index (χ4v) is 4.50. The smallest absolute Gasteiger partial charge is 0.327 e. The third-order valence-electron chi connectivity index (χ3n) is 5.86. The van der Waals surface area contributed by atoms with Crippen molar-refractivity contribution in [3.8, 4) is 0 Å². The summed E-state index contributed by atoms with van der Waals surface area (Å²) in [5.41, 5.74) is 0.359. The van der Waals surface area contributed by atoms with Crippen LogP contribution in [0.25, 0.3) is 0 Å². The summed E-state index contributed by atoms with van der Waals surface area (Å²) in [6.45, 7) is 8.10. The van der Waals surface area contributed by atoms with Crippen molar-refractivity contribution in [2.45, 2.75) is 58.0 Å². The molecule has 7 nitrogen and oxygen atoms in total. The lowest BCUT2D eigenvalue weighted by atomic mass is 9.97. The van der Waals surface area contributed by atoms with Crippen LogP contribution in [0.2, 0.25) is 0 Å². The van der Waals surface area contributed by atoms with Crippen LogP contribution in [0.15, 0.2) is 6.07 Å². The van der Waals surface area contributed by atoms with Crippen molar-refractivity contribution in [1.82, 2.24) is 19.8 Å². The largest absolute Gasteiger partial charge is 0.356 e. The normalized spacial score (nSPS) is 27.4. The zero-order valence-electron chi connectivity index (χ0n) is 15.2. The van der Waals surface area contributed by atoms with Crippen LogP contribution in [0.1, 0.15) is 44.1 Å². The number of amides is 3. The second kappa shape index (κ2) is 5.68. The predicted octanol–water partition coefficient (Wildman–Crippen LogP) is 1.88. The van der Waals surface area contributed by atoms with Crippen LogP contribution >= 0.6 is 0 Å². The van der Waals surface area contributed by atoms with Crippen LogP contribution in [0.5, 0.6) is 0 Å². The Balaban J connectivity index is 1.47. The number of carbonyl (C=O) groups excluding carboxylic acids is 2. The van der Waals surface area contributed by atoms with Gasteiger partial charge in [0.1, 0.15) is 17.2 Å². The molecule has 3 fully saturated rings. The molecule has 0 radical (unpaired) electrons. The van der Waals surface area contributed by atoms with Crippen molar-refractivity contribution in [1.29, 1.82) is 0 Å². The first-order valence-electron chi connectivity index (χ1n) is 9.12. The molecule has 3 saturated heterocycles. The number of imide groups is 1. The van der Waals surface area contributed by atoms with Crippen LogP contribution in [0, 0.1) is 13.8 Å². The first-order chi connectivity index (χ1) is 11.9. The fraction of sp³-hybridized carbons (Fsp3) is 0.667. The lowest BCUT2D eigenvalue weighted by molar-refractivity contribution is -0.133. The molecule has 0 saturated carbocycles. The molecule has 0 aliphatic carbocycles. The number of hydrogen-bond acceptors (Lipinski definition) is 5. The highest BCUT2D eigenvalue weighted by Crippen LogP contribution is 2.39. The molecule has 134 valence electrons. The van der Waals surface area contributed by atoms with Gasteiger partial charge in [0.25, 0.3) is 5.91 Å². The summed E-state index contributed by atoms with van der Waals surface area (Å²) < 4.78 is 0. The quantitative estimate of drug-likeness (QED) is 0.767. The van der Waals surface area contributed by atoms with E-state index in [2.05, 4.69) is 14.9 Å². The van der Waals surface area contributed by atoms with Gasteiger partial charge in [-0.15, -0.1) is 0 Å². The molecule has 7 heteroatoms. The van der Waals surface area contributed by atoms with Gasteiger partial charge in [-0.05, 0) is 46.5 Å². The van der Waals surface area contributed by atoms with Gasteiger partial charge in [0.05, 0.1) is 0 Å². The molecule has 1 atom stereocenters. The van der Waals surface area contributed by atoms with Crippen molar-refractivity contribution in [2.24, 2.45) is 0 Å². The molecule has 25 heavy (non-hydrogen) atoms. The summed E-state index contributed by atoms with van der Waals surface area (Å²) >= 11 is 0. The summed E-state index contributed by atoms with van der Waals surface area (Å²) in [6, 6.07) is 1.91. The van der Waals surface area contributed by atoms with Crippen LogP contribution in [-0.4, -0.2) is 62.9 Å². The minimum absolute atomic E-state index is 0.00201. The number of nitrogens with zero attached hydrogens (tertiary/aromatic N) is 5. The van der Waals surface area contributed by atoms with E-state index in [4.69, 9.17) is 0 Å². The zero-order chi connectivity index (χ0) is 17.8. The fourth-order valence-electron chi connectivity index (χ4n) is 4.50. The molecule has 3 aliphatic rings. The van der Waals surface area contributed by atoms with Crippen molar-refractivity contribution in [3.05, 3.63) is 17.6 Å². The van der Waals surface area contributed by atoms with Gasteiger partial charge in [-0.25, -0.2) is 14.8 Å². The highest BCUT2D eigenvalue weighted by atomic mass is 16.2. The Kier molecular flexibility index (Phi) is 3.70. The summed E-state index contributed by atoms with van der Waals surface area (Å²) in [5, 5.41) is 0. The number of aromatic nitrogens is 2. The molecule has 0 N–H and O–H groups in total.